The molecule has 7 heteroatoms. The molecular weight excluding hydrogens is 418 g/mol. The zero-order valence-electron chi connectivity index (χ0n) is 17.5. The largest absolute Gasteiger partial charge is 0.489 e. The van der Waals surface area contributed by atoms with E-state index < -0.39 is 0 Å². The molecule has 0 saturated heterocycles. The second-order valence-corrected chi connectivity index (χ2v) is 7.20. The molecule has 2 heterocycles. The second kappa shape index (κ2) is 9.23. The van der Waals surface area contributed by atoms with Gasteiger partial charge in [0.25, 0.3) is 11.8 Å². The molecule has 162 valence electrons. The average Bonchev–Trinajstić information content (AvgIpc) is 3.56. The number of furan rings is 1. The molecule has 7 nitrogen and oxygen atoms in total. The van der Waals surface area contributed by atoms with Crippen molar-refractivity contribution >= 4 is 11.6 Å². The number of hydrogen-bond acceptors (Lipinski definition) is 6. The lowest BCUT2D eigenvalue weighted by Crippen LogP contribution is -2.12. The van der Waals surface area contributed by atoms with Gasteiger partial charge < -0.3 is 19.0 Å². The van der Waals surface area contributed by atoms with Crippen LogP contribution in [0.3, 0.4) is 0 Å². The Labute approximate surface area is 189 Å². The molecule has 3 aromatic carbocycles. The Balaban J connectivity index is 1.28. The van der Waals surface area contributed by atoms with Crippen LogP contribution in [0, 0.1) is 0 Å². The van der Waals surface area contributed by atoms with Gasteiger partial charge in [0.2, 0.25) is 5.82 Å². The summed E-state index contributed by atoms with van der Waals surface area (Å²) >= 11 is 0. The van der Waals surface area contributed by atoms with Crippen LogP contribution in [-0.4, -0.2) is 16.0 Å². The van der Waals surface area contributed by atoms with E-state index in [-0.39, 0.29) is 11.8 Å². The molecule has 33 heavy (non-hydrogen) atoms. The van der Waals surface area contributed by atoms with Gasteiger partial charge in [-0.25, -0.2) is 0 Å². The molecule has 0 unspecified atom stereocenters. The molecule has 5 aromatic rings. The molecular formula is C26H19N3O4. The smallest absolute Gasteiger partial charge is 0.260 e. The van der Waals surface area contributed by atoms with Gasteiger partial charge in [-0.1, -0.05) is 47.6 Å². The standard InChI is InChI=1S/C26H19N3O4/c30-25(19-12-14-20(15-13-19)32-17-18-7-2-1-3-8-18)27-22-10-5-4-9-21(22)26-28-24(29-33-26)23-11-6-16-31-23/h1-16H,17H2,(H,27,30). The van der Waals surface area contributed by atoms with Crippen molar-refractivity contribution in [2.75, 3.05) is 5.32 Å². The molecule has 0 bridgehead atoms. The lowest BCUT2D eigenvalue weighted by Gasteiger charge is -2.10. The van der Waals surface area contributed by atoms with Crippen molar-refractivity contribution in [3.05, 3.63) is 108 Å². The molecule has 5 rings (SSSR count). The number of nitrogens with zero attached hydrogens (tertiary/aromatic N) is 2. The van der Waals surface area contributed by atoms with E-state index in [2.05, 4.69) is 15.5 Å². The number of rotatable bonds is 7. The molecule has 0 aliphatic carbocycles. The van der Waals surface area contributed by atoms with Crippen LogP contribution in [0.15, 0.2) is 106 Å². The van der Waals surface area contributed by atoms with Gasteiger partial charge in [-0.3, -0.25) is 4.79 Å². The van der Waals surface area contributed by atoms with Crippen molar-refractivity contribution in [3.8, 4) is 28.8 Å². The highest BCUT2D eigenvalue weighted by Crippen LogP contribution is 2.29. The fourth-order valence-electron chi connectivity index (χ4n) is 3.26. The minimum absolute atomic E-state index is 0.261. The Morgan fingerprint density at radius 1 is 0.879 bits per heavy atom. The van der Waals surface area contributed by atoms with Crippen molar-refractivity contribution in [3.63, 3.8) is 0 Å². The zero-order valence-corrected chi connectivity index (χ0v) is 17.5. The molecule has 0 radical (unpaired) electrons. The monoisotopic (exact) mass is 437 g/mol. The van der Waals surface area contributed by atoms with Gasteiger partial charge in [0.05, 0.1) is 17.5 Å². The zero-order chi connectivity index (χ0) is 22.5. The number of aromatic nitrogens is 2. The average molecular weight is 437 g/mol. The maximum atomic E-state index is 12.8. The predicted molar refractivity (Wildman–Crippen MR) is 123 cm³/mol. The molecule has 0 aliphatic rings. The van der Waals surface area contributed by atoms with Gasteiger partial charge in [0.1, 0.15) is 12.4 Å². The van der Waals surface area contributed by atoms with Crippen molar-refractivity contribution in [2.45, 2.75) is 6.61 Å². The molecule has 1 amide bonds. The third-order valence-corrected chi connectivity index (χ3v) is 4.94. The van der Waals surface area contributed by atoms with E-state index in [1.165, 1.54) is 6.26 Å². The van der Waals surface area contributed by atoms with Gasteiger partial charge in [-0.05, 0) is 54.1 Å². The van der Waals surface area contributed by atoms with Gasteiger partial charge >= 0.3 is 0 Å². The number of anilines is 1. The summed E-state index contributed by atoms with van der Waals surface area (Å²) in [7, 11) is 0. The quantitative estimate of drug-likeness (QED) is 0.345. The second-order valence-electron chi connectivity index (χ2n) is 7.20. The number of nitrogens with one attached hydrogen (secondary N) is 1. The Bertz CT molecular complexity index is 1340. The van der Waals surface area contributed by atoms with E-state index in [0.717, 1.165) is 5.56 Å². The highest BCUT2D eigenvalue weighted by Gasteiger charge is 2.17. The van der Waals surface area contributed by atoms with Crippen molar-refractivity contribution in [2.24, 2.45) is 0 Å². The summed E-state index contributed by atoms with van der Waals surface area (Å²) < 4.78 is 16.5. The molecule has 0 spiro atoms. The van der Waals surface area contributed by atoms with Crippen LogP contribution in [0.5, 0.6) is 5.75 Å². The lowest BCUT2D eigenvalue weighted by molar-refractivity contribution is 0.102. The number of ether oxygens (including phenoxy) is 1. The van der Waals surface area contributed by atoms with Gasteiger partial charge in [-0.15, -0.1) is 0 Å². The van der Waals surface area contributed by atoms with Crippen LogP contribution in [0.2, 0.25) is 0 Å². The summed E-state index contributed by atoms with van der Waals surface area (Å²) in [6.07, 6.45) is 1.54. The minimum Gasteiger partial charge on any atom is -0.489 e. The lowest BCUT2D eigenvalue weighted by atomic mass is 10.1. The molecule has 0 aliphatic heterocycles. The van der Waals surface area contributed by atoms with Crippen LogP contribution >= 0.6 is 0 Å². The summed E-state index contributed by atoms with van der Waals surface area (Å²) in [6.45, 7) is 0.462. The Morgan fingerprint density at radius 2 is 1.67 bits per heavy atom. The topological polar surface area (TPSA) is 90.4 Å². The summed E-state index contributed by atoms with van der Waals surface area (Å²) in [4.78, 5) is 17.2. The Hall–Kier alpha value is -4.65. The maximum Gasteiger partial charge on any atom is 0.260 e. The van der Waals surface area contributed by atoms with Crippen LogP contribution in [0.25, 0.3) is 23.0 Å². The van der Waals surface area contributed by atoms with E-state index >= 15 is 0 Å². The number of carbonyl (C=O) groups is 1. The summed E-state index contributed by atoms with van der Waals surface area (Å²) in [5, 5.41) is 6.87. The number of para-hydroxylation sites is 1. The summed E-state index contributed by atoms with van der Waals surface area (Å²) in [5.41, 5.74) is 2.74. The van der Waals surface area contributed by atoms with Crippen molar-refractivity contribution in [1.82, 2.24) is 10.1 Å². The maximum absolute atomic E-state index is 12.8. The highest BCUT2D eigenvalue weighted by atomic mass is 16.5. The van der Waals surface area contributed by atoms with Crippen molar-refractivity contribution < 1.29 is 18.5 Å². The molecule has 0 fully saturated rings. The predicted octanol–water partition coefficient (Wildman–Crippen LogP) is 5.83. The van der Waals surface area contributed by atoms with Crippen LogP contribution in [0.1, 0.15) is 15.9 Å². The first-order chi connectivity index (χ1) is 16.3. The third-order valence-electron chi connectivity index (χ3n) is 4.94. The molecule has 0 atom stereocenters. The summed E-state index contributed by atoms with van der Waals surface area (Å²) in [5.74, 6) is 1.54. The van der Waals surface area contributed by atoms with E-state index in [0.29, 0.717) is 40.8 Å². The molecule has 0 saturated carbocycles. The number of amides is 1. The first kappa shape index (κ1) is 20.3. The SMILES string of the molecule is O=C(Nc1ccccc1-c1nc(-c2ccco2)no1)c1ccc(OCc2ccccc2)cc1. The number of carbonyl (C=O) groups excluding carboxylic acids is 1. The van der Waals surface area contributed by atoms with Crippen molar-refractivity contribution in [1.29, 1.82) is 0 Å². The van der Waals surface area contributed by atoms with Gasteiger partial charge in [-0.2, -0.15) is 4.98 Å². The molecule has 1 N–H and O–H groups in total. The van der Waals surface area contributed by atoms with E-state index in [1.807, 2.05) is 42.5 Å². The Kier molecular flexibility index (Phi) is 5.67. The fraction of sp³-hybridized carbons (Fsp3) is 0.0385. The number of hydrogen-bond donors (Lipinski definition) is 1. The van der Waals surface area contributed by atoms with Crippen LogP contribution < -0.4 is 10.1 Å². The normalized spacial score (nSPS) is 10.7. The van der Waals surface area contributed by atoms with Gasteiger partial charge in [0.15, 0.2) is 5.76 Å². The van der Waals surface area contributed by atoms with Crippen LogP contribution in [-0.2, 0) is 6.61 Å². The van der Waals surface area contributed by atoms with E-state index in [1.54, 1.807) is 48.5 Å². The first-order valence-electron chi connectivity index (χ1n) is 10.3. The van der Waals surface area contributed by atoms with E-state index in [9.17, 15) is 4.79 Å². The van der Waals surface area contributed by atoms with Gasteiger partial charge in [0, 0.05) is 5.56 Å². The highest BCUT2D eigenvalue weighted by molar-refractivity contribution is 6.06. The summed E-state index contributed by atoms with van der Waals surface area (Å²) in [6, 6.07) is 27.6. The fourth-order valence-corrected chi connectivity index (χ4v) is 3.26. The Morgan fingerprint density at radius 3 is 2.45 bits per heavy atom. The molecule has 2 aromatic heterocycles. The minimum atomic E-state index is -0.261. The number of benzene rings is 3. The van der Waals surface area contributed by atoms with E-state index in [4.69, 9.17) is 13.7 Å². The first-order valence-corrected chi connectivity index (χ1v) is 10.3. The van der Waals surface area contributed by atoms with Crippen LogP contribution in [0.4, 0.5) is 5.69 Å². The third kappa shape index (κ3) is 4.67.